The maximum Gasteiger partial charge on any atom is 0.272 e. The van der Waals surface area contributed by atoms with Gasteiger partial charge in [0.15, 0.2) is 5.69 Å². The summed E-state index contributed by atoms with van der Waals surface area (Å²) in [4.78, 5) is 15.1. The number of halogens is 2. The smallest absolute Gasteiger partial charge is 0.272 e. The van der Waals surface area contributed by atoms with Crippen LogP contribution in [0.1, 0.15) is 28.0 Å². The molecule has 0 unspecified atom stereocenters. The molecule has 3 aromatic rings. The first-order chi connectivity index (χ1) is 15.0. The Morgan fingerprint density at radius 3 is 2.62 bits per heavy atom. The van der Waals surface area contributed by atoms with Gasteiger partial charge in [-0.15, -0.1) is 12.4 Å². The van der Waals surface area contributed by atoms with E-state index in [4.69, 9.17) is 21.4 Å². The van der Waals surface area contributed by atoms with Crippen LogP contribution >= 0.6 is 24.0 Å². The van der Waals surface area contributed by atoms with Crippen LogP contribution in [-0.2, 0) is 12.8 Å². The third kappa shape index (κ3) is 4.93. The molecule has 0 fully saturated rings. The second-order valence-electron chi connectivity index (χ2n) is 8.00. The Morgan fingerprint density at radius 1 is 1.19 bits per heavy atom. The molecule has 1 amide bonds. The van der Waals surface area contributed by atoms with Crippen molar-refractivity contribution in [1.82, 2.24) is 20.0 Å². The van der Waals surface area contributed by atoms with E-state index in [0.717, 1.165) is 54.1 Å². The maximum absolute atomic E-state index is 13.0. The zero-order valence-corrected chi connectivity index (χ0v) is 20.1. The molecule has 0 aliphatic heterocycles. The van der Waals surface area contributed by atoms with Gasteiger partial charge in [0.25, 0.3) is 5.91 Å². The molecular formula is C24H28Cl2N4O2. The number of hydrogen-bond donors (Lipinski definition) is 1. The average molecular weight is 475 g/mol. The number of carbonyl (C=O) groups excluding carboxylic acids is 1. The summed E-state index contributed by atoms with van der Waals surface area (Å²) >= 11 is 6.09. The van der Waals surface area contributed by atoms with Crippen molar-refractivity contribution in [3.05, 3.63) is 64.3 Å². The number of amides is 1. The summed E-state index contributed by atoms with van der Waals surface area (Å²) in [7, 11) is 5.73. The summed E-state index contributed by atoms with van der Waals surface area (Å²) in [6.45, 7) is 1.54. The number of methoxy groups -OCH3 is 1. The number of nitrogens with zero attached hydrogens (tertiary/aromatic N) is 3. The number of hydrogen-bond acceptors (Lipinski definition) is 4. The van der Waals surface area contributed by atoms with Gasteiger partial charge in [-0.2, -0.15) is 5.10 Å². The van der Waals surface area contributed by atoms with Crippen LogP contribution in [0.25, 0.3) is 16.9 Å². The molecule has 0 atom stereocenters. The highest BCUT2D eigenvalue weighted by Crippen LogP contribution is 2.38. The van der Waals surface area contributed by atoms with E-state index in [1.54, 1.807) is 7.11 Å². The van der Waals surface area contributed by atoms with Gasteiger partial charge in [-0.25, -0.2) is 4.68 Å². The lowest BCUT2D eigenvalue weighted by molar-refractivity contribution is 0.0946. The fraction of sp³-hybridized carbons (Fsp3) is 0.333. The molecule has 8 heteroatoms. The summed E-state index contributed by atoms with van der Waals surface area (Å²) in [6, 6.07) is 13.6. The first kappa shape index (κ1) is 24.1. The molecule has 0 spiro atoms. The van der Waals surface area contributed by atoms with E-state index in [9.17, 15) is 4.79 Å². The molecule has 0 saturated heterocycles. The quantitative estimate of drug-likeness (QED) is 0.515. The van der Waals surface area contributed by atoms with Crippen molar-refractivity contribution >= 4 is 29.9 Å². The van der Waals surface area contributed by atoms with Crippen molar-refractivity contribution in [3.8, 4) is 22.7 Å². The van der Waals surface area contributed by atoms with Crippen molar-refractivity contribution in [2.45, 2.75) is 19.3 Å². The van der Waals surface area contributed by atoms with E-state index >= 15 is 0 Å². The molecule has 0 bridgehead atoms. The number of nitrogens with one attached hydrogen (secondary N) is 1. The highest BCUT2D eigenvalue weighted by molar-refractivity contribution is 6.30. The minimum Gasteiger partial charge on any atom is -0.497 e. The first-order valence-corrected chi connectivity index (χ1v) is 10.8. The van der Waals surface area contributed by atoms with Gasteiger partial charge in [-0.05, 0) is 87.9 Å². The Bertz CT molecular complexity index is 1090. The number of ether oxygens (including phenoxy) is 1. The predicted octanol–water partition coefficient (Wildman–Crippen LogP) is 4.40. The van der Waals surface area contributed by atoms with Crippen LogP contribution in [0.15, 0.2) is 42.5 Å². The van der Waals surface area contributed by atoms with E-state index in [-0.39, 0.29) is 18.3 Å². The molecule has 1 aromatic heterocycles. The van der Waals surface area contributed by atoms with Gasteiger partial charge in [0, 0.05) is 22.7 Å². The molecule has 1 aliphatic rings. The van der Waals surface area contributed by atoms with E-state index in [1.807, 2.05) is 49.1 Å². The number of benzene rings is 2. The summed E-state index contributed by atoms with van der Waals surface area (Å²) in [6.07, 6.45) is 2.48. The first-order valence-electron chi connectivity index (χ1n) is 10.5. The van der Waals surface area contributed by atoms with Gasteiger partial charge in [0.05, 0.1) is 18.5 Å². The van der Waals surface area contributed by atoms with Gasteiger partial charge in [-0.3, -0.25) is 4.79 Å². The average Bonchev–Trinajstić information content (AvgIpc) is 3.16. The molecule has 6 nitrogen and oxygen atoms in total. The molecule has 170 valence electrons. The van der Waals surface area contributed by atoms with E-state index in [2.05, 4.69) is 22.3 Å². The van der Waals surface area contributed by atoms with Crippen LogP contribution < -0.4 is 10.1 Å². The predicted molar refractivity (Wildman–Crippen MR) is 131 cm³/mol. The van der Waals surface area contributed by atoms with Gasteiger partial charge < -0.3 is 15.0 Å². The zero-order valence-electron chi connectivity index (χ0n) is 18.5. The Kier molecular flexibility index (Phi) is 7.82. The van der Waals surface area contributed by atoms with Crippen LogP contribution in [0, 0.1) is 0 Å². The summed E-state index contributed by atoms with van der Waals surface area (Å²) in [5, 5.41) is 8.47. The second kappa shape index (κ2) is 10.4. The number of rotatable bonds is 7. The highest BCUT2D eigenvalue weighted by atomic mass is 35.5. The minimum atomic E-state index is -0.125. The molecule has 0 radical (unpaired) electrons. The van der Waals surface area contributed by atoms with Crippen LogP contribution in [0.5, 0.6) is 5.75 Å². The van der Waals surface area contributed by atoms with Crippen LogP contribution in [-0.4, -0.2) is 54.9 Å². The lowest BCUT2D eigenvalue weighted by Crippen LogP contribution is -2.28. The van der Waals surface area contributed by atoms with E-state index in [0.29, 0.717) is 17.3 Å². The zero-order chi connectivity index (χ0) is 22.0. The van der Waals surface area contributed by atoms with E-state index in [1.165, 1.54) is 5.56 Å². The molecule has 32 heavy (non-hydrogen) atoms. The fourth-order valence-electron chi connectivity index (χ4n) is 3.99. The molecular weight excluding hydrogens is 447 g/mol. The van der Waals surface area contributed by atoms with Crippen LogP contribution in [0.4, 0.5) is 0 Å². The third-order valence-corrected chi connectivity index (χ3v) is 5.80. The molecule has 4 rings (SSSR count). The largest absolute Gasteiger partial charge is 0.497 e. The summed E-state index contributed by atoms with van der Waals surface area (Å²) in [5.74, 6) is 0.707. The molecule has 2 aromatic carbocycles. The lowest BCUT2D eigenvalue weighted by Gasteiger charge is -2.19. The fourth-order valence-corrected chi connectivity index (χ4v) is 4.12. The maximum atomic E-state index is 13.0. The monoisotopic (exact) mass is 474 g/mol. The second-order valence-corrected chi connectivity index (χ2v) is 8.44. The van der Waals surface area contributed by atoms with Crippen LogP contribution in [0.2, 0.25) is 5.02 Å². The van der Waals surface area contributed by atoms with Gasteiger partial charge in [0.2, 0.25) is 0 Å². The lowest BCUT2D eigenvalue weighted by atomic mass is 9.88. The van der Waals surface area contributed by atoms with Gasteiger partial charge >= 0.3 is 0 Å². The van der Waals surface area contributed by atoms with Crippen molar-refractivity contribution in [1.29, 1.82) is 0 Å². The Morgan fingerprint density at radius 2 is 1.94 bits per heavy atom. The molecule has 1 aliphatic carbocycles. The van der Waals surface area contributed by atoms with E-state index < -0.39 is 0 Å². The Labute approximate surface area is 199 Å². The number of fused-ring (bicyclic) bond motifs is 3. The number of carbonyl (C=O) groups is 1. The Balaban J connectivity index is 0.00000289. The SMILES string of the molecule is COc1ccc2c(c1)CCc1c(C(=O)NCCCN(C)C)nn(-c3ccc(Cl)cc3)c1-2.Cl. The third-order valence-electron chi connectivity index (χ3n) is 5.55. The Hall–Kier alpha value is -2.54. The summed E-state index contributed by atoms with van der Waals surface area (Å²) in [5.41, 5.74) is 5.59. The van der Waals surface area contributed by atoms with Gasteiger partial charge in [0.1, 0.15) is 5.75 Å². The van der Waals surface area contributed by atoms with Crippen LogP contribution in [0.3, 0.4) is 0 Å². The molecule has 1 heterocycles. The molecule has 0 saturated carbocycles. The number of aryl methyl sites for hydroxylation is 1. The van der Waals surface area contributed by atoms with Crippen molar-refractivity contribution in [3.63, 3.8) is 0 Å². The van der Waals surface area contributed by atoms with Gasteiger partial charge in [-0.1, -0.05) is 11.6 Å². The normalized spacial score (nSPS) is 12.0. The topological polar surface area (TPSA) is 59.4 Å². The van der Waals surface area contributed by atoms with Crippen molar-refractivity contribution < 1.29 is 9.53 Å². The number of aromatic nitrogens is 2. The molecule has 1 N–H and O–H groups in total. The van der Waals surface area contributed by atoms with Crippen molar-refractivity contribution in [2.75, 3.05) is 34.3 Å². The summed E-state index contributed by atoms with van der Waals surface area (Å²) < 4.78 is 7.27. The van der Waals surface area contributed by atoms with Crippen molar-refractivity contribution in [2.24, 2.45) is 0 Å². The minimum absolute atomic E-state index is 0. The standard InChI is InChI=1S/C24H27ClN4O2.ClH/c1-28(2)14-4-13-26-24(30)22-21-11-5-16-15-19(31-3)10-12-20(16)23(21)29(27-22)18-8-6-17(25)7-9-18;/h6-10,12,15H,4-5,11,13-14H2,1-3H3,(H,26,30);1H. The highest BCUT2D eigenvalue weighted by Gasteiger charge is 2.29.